The molecule has 0 radical (unpaired) electrons. The lowest BCUT2D eigenvalue weighted by atomic mass is 10.2. The van der Waals surface area contributed by atoms with E-state index in [0.29, 0.717) is 5.76 Å². The van der Waals surface area contributed by atoms with Gasteiger partial charge >= 0.3 is 18.0 Å². The highest BCUT2D eigenvalue weighted by Crippen LogP contribution is 2.10. The Morgan fingerprint density at radius 3 is 2.52 bits per heavy atom. The van der Waals surface area contributed by atoms with E-state index >= 15 is 0 Å². The van der Waals surface area contributed by atoms with Crippen LogP contribution in [-0.4, -0.2) is 37.3 Å². The van der Waals surface area contributed by atoms with Crippen LogP contribution in [0.2, 0.25) is 0 Å². The molecule has 8 heteroatoms. The largest absolute Gasteiger partial charge is 0.463 e. The minimum atomic E-state index is -0.607. The highest BCUT2D eigenvalue weighted by atomic mass is 16.6. The van der Waals surface area contributed by atoms with Crippen LogP contribution in [0.25, 0.3) is 0 Å². The van der Waals surface area contributed by atoms with E-state index in [1.807, 2.05) is 0 Å². The summed E-state index contributed by atoms with van der Waals surface area (Å²) in [6, 6.07) is 2.94. The number of hydrogen-bond donors (Lipinski definition) is 1. The monoisotopic (exact) mass is 327 g/mol. The minimum absolute atomic E-state index is 0.0101. The van der Waals surface area contributed by atoms with Crippen LogP contribution in [0.5, 0.6) is 0 Å². The van der Waals surface area contributed by atoms with Crippen molar-refractivity contribution in [3.05, 3.63) is 23.7 Å². The zero-order valence-corrected chi connectivity index (χ0v) is 13.6. The zero-order chi connectivity index (χ0) is 17.5. The summed E-state index contributed by atoms with van der Waals surface area (Å²) in [4.78, 5) is 34.1. The van der Waals surface area contributed by atoms with Gasteiger partial charge in [-0.25, -0.2) is 9.59 Å². The lowest BCUT2D eigenvalue weighted by Crippen LogP contribution is -2.33. The summed E-state index contributed by atoms with van der Waals surface area (Å²) in [6.45, 7) is 5.22. The van der Waals surface area contributed by atoms with E-state index in [1.165, 1.54) is 19.2 Å². The van der Waals surface area contributed by atoms with Crippen LogP contribution >= 0.6 is 0 Å². The van der Waals surface area contributed by atoms with Gasteiger partial charge in [-0.05, 0) is 32.9 Å². The predicted molar refractivity (Wildman–Crippen MR) is 78.7 cm³/mol. The Hall–Kier alpha value is -2.51. The lowest BCUT2D eigenvalue weighted by molar-refractivity contribution is -0.145. The number of hydrogen-bond acceptors (Lipinski definition) is 7. The van der Waals surface area contributed by atoms with Crippen molar-refractivity contribution >= 4 is 18.0 Å². The molecule has 1 amide bonds. The molecule has 0 unspecified atom stereocenters. The molecule has 128 valence electrons. The molecular weight excluding hydrogens is 306 g/mol. The molecule has 0 aromatic carbocycles. The maximum atomic E-state index is 11.5. The van der Waals surface area contributed by atoms with Gasteiger partial charge in [0.2, 0.25) is 5.76 Å². The Kier molecular flexibility index (Phi) is 6.62. The van der Waals surface area contributed by atoms with Crippen LogP contribution in [0.15, 0.2) is 16.5 Å². The van der Waals surface area contributed by atoms with E-state index in [9.17, 15) is 14.4 Å². The summed E-state index contributed by atoms with van der Waals surface area (Å²) < 4.78 is 19.6. The van der Waals surface area contributed by atoms with Crippen LogP contribution in [-0.2, 0) is 25.6 Å². The van der Waals surface area contributed by atoms with Crippen LogP contribution in [0.4, 0.5) is 4.79 Å². The van der Waals surface area contributed by atoms with Gasteiger partial charge in [0.05, 0.1) is 13.5 Å². The number of ether oxygens (including phenoxy) is 3. The summed E-state index contributed by atoms with van der Waals surface area (Å²) in [7, 11) is 1.24. The van der Waals surface area contributed by atoms with Gasteiger partial charge in [0.15, 0.2) is 0 Å². The van der Waals surface area contributed by atoms with Gasteiger partial charge in [-0.1, -0.05) is 0 Å². The molecule has 0 aliphatic rings. The average molecular weight is 327 g/mol. The normalized spacial score (nSPS) is 10.8. The quantitative estimate of drug-likeness (QED) is 0.629. The molecule has 0 saturated carbocycles. The standard InChI is InChI=1S/C15H21NO7/c1-15(2,3)23-14(19)16-8-7-12(17)21-9-10-5-6-11(22-10)13(18)20-4/h5-6H,7-9H2,1-4H3,(H,16,19). The number of carbonyl (C=O) groups excluding carboxylic acids is 3. The van der Waals surface area contributed by atoms with Gasteiger partial charge in [-0.3, -0.25) is 4.79 Å². The van der Waals surface area contributed by atoms with Gasteiger partial charge < -0.3 is 23.9 Å². The molecule has 1 N–H and O–H groups in total. The van der Waals surface area contributed by atoms with Gasteiger partial charge in [-0.15, -0.1) is 0 Å². The third kappa shape index (κ3) is 7.35. The van der Waals surface area contributed by atoms with E-state index in [0.717, 1.165) is 0 Å². The Bertz CT molecular complexity index is 556. The average Bonchev–Trinajstić information content (AvgIpc) is 2.91. The maximum absolute atomic E-state index is 11.5. The Balaban J connectivity index is 2.26. The van der Waals surface area contributed by atoms with E-state index in [4.69, 9.17) is 13.9 Å². The Morgan fingerprint density at radius 1 is 1.22 bits per heavy atom. The van der Waals surface area contributed by atoms with Gasteiger partial charge in [0.25, 0.3) is 0 Å². The molecule has 0 saturated heterocycles. The lowest BCUT2D eigenvalue weighted by Gasteiger charge is -2.19. The number of carbonyl (C=O) groups is 3. The summed E-state index contributed by atoms with van der Waals surface area (Å²) >= 11 is 0. The van der Waals surface area contributed by atoms with Crippen LogP contribution in [0.1, 0.15) is 43.5 Å². The molecule has 1 heterocycles. The fraction of sp³-hybridized carbons (Fsp3) is 0.533. The molecule has 0 aliphatic carbocycles. The Morgan fingerprint density at radius 2 is 1.91 bits per heavy atom. The fourth-order valence-corrected chi connectivity index (χ4v) is 1.47. The zero-order valence-electron chi connectivity index (χ0n) is 13.6. The molecule has 1 rings (SSSR count). The smallest absolute Gasteiger partial charge is 0.407 e. The van der Waals surface area contributed by atoms with Crippen LogP contribution in [0.3, 0.4) is 0 Å². The molecule has 23 heavy (non-hydrogen) atoms. The van der Waals surface area contributed by atoms with E-state index in [2.05, 4.69) is 10.1 Å². The van der Waals surface area contributed by atoms with Crippen molar-refractivity contribution in [1.82, 2.24) is 5.32 Å². The van der Waals surface area contributed by atoms with Crippen molar-refractivity contribution in [2.75, 3.05) is 13.7 Å². The van der Waals surface area contributed by atoms with E-state index < -0.39 is 23.6 Å². The Labute approximate surface area is 134 Å². The maximum Gasteiger partial charge on any atom is 0.407 e. The first-order valence-corrected chi connectivity index (χ1v) is 7.01. The molecular formula is C15H21NO7. The van der Waals surface area contributed by atoms with E-state index in [1.54, 1.807) is 20.8 Å². The van der Waals surface area contributed by atoms with Crippen molar-refractivity contribution in [1.29, 1.82) is 0 Å². The third-order valence-electron chi connectivity index (χ3n) is 2.42. The number of amides is 1. The first-order valence-electron chi connectivity index (χ1n) is 7.01. The fourth-order valence-electron chi connectivity index (χ4n) is 1.47. The van der Waals surface area contributed by atoms with Crippen molar-refractivity contribution in [3.8, 4) is 0 Å². The number of alkyl carbamates (subject to hydrolysis) is 1. The summed E-state index contributed by atoms with van der Waals surface area (Å²) in [5.74, 6) is -0.773. The summed E-state index contributed by atoms with van der Waals surface area (Å²) in [5, 5.41) is 2.45. The minimum Gasteiger partial charge on any atom is -0.463 e. The topological polar surface area (TPSA) is 104 Å². The van der Waals surface area contributed by atoms with Gasteiger partial charge in [0, 0.05) is 6.54 Å². The number of furan rings is 1. The highest BCUT2D eigenvalue weighted by molar-refractivity contribution is 5.86. The van der Waals surface area contributed by atoms with Crippen LogP contribution in [0, 0.1) is 0 Å². The molecule has 0 aliphatic heterocycles. The first kappa shape index (κ1) is 18.5. The van der Waals surface area contributed by atoms with Crippen molar-refractivity contribution in [2.24, 2.45) is 0 Å². The first-order chi connectivity index (χ1) is 10.7. The number of methoxy groups -OCH3 is 1. The summed E-state index contributed by atoms with van der Waals surface area (Å²) in [6.07, 6.45) is -0.608. The molecule has 0 spiro atoms. The molecule has 0 fully saturated rings. The third-order valence-corrected chi connectivity index (χ3v) is 2.42. The molecule has 0 bridgehead atoms. The second kappa shape index (κ2) is 8.21. The van der Waals surface area contributed by atoms with Gasteiger partial charge in [0.1, 0.15) is 18.0 Å². The number of rotatable bonds is 6. The molecule has 8 nitrogen and oxygen atoms in total. The van der Waals surface area contributed by atoms with Crippen molar-refractivity contribution < 1.29 is 33.0 Å². The van der Waals surface area contributed by atoms with Gasteiger partial charge in [-0.2, -0.15) is 0 Å². The molecule has 0 atom stereocenters. The molecule has 1 aromatic rings. The van der Waals surface area contributed by atoms with E-state index in [-0.39, 0.29) is 25.3 Å². The second-order valence-electron chi connectivity index (χ2n) is 5.60. The second-order valence-corrected chi connectivity index (χ2v) is 5.60. The molecule has 1 aromatic heterocycles. The highest BCUT2D eigenvalue weighted by Gasteiger charge is 2.16. The van der Waals surface area contributed by atoms with Crippen molar-refractivity contribution in [3.63, 3.8) is 0 Å². The SMILES string of the molecule is COC(=O)c1ccc(COC(=O)CCNC(=O)OC(C)(C)C)o1. The summed E-state index contributed by atoms with van der Waals surface area (Å²) in [5.41, 5.74) is -0.596. The van der Waals surface area contributed by atoms with Crippen LogP contribution < -0.4 is 5.32 Å². The predicted octanol–water partition coefficient (Wildman–Crippen LogP) is 2.02. The number of esters is 2. The van der Waals surface area contributed by atoms with Crippen molar-refractivity contribution in [2.45, 2.75) is 39.4 Å². The number of nitrogens with one attached hydrogen (secondary N) is 1.